The standard InChI is InChI=1S/C31H57N5O9/c1-15(2)11-21(35-30(44)28(18(7)8)36-31(45)27(17(5)6)33-20(10)37)23(38)13-25(40)32-19(9)29(43)34-22(12-16(3)4)24(39)14-26(41)42/h15-19,21-24,27-28,38-39H,11-14H2,1-10H3,(H,32,40)(H,33,37)(H,34,43)(H,35,44)(H,36,45)(H,41,42)/t19-,21-,22-,23-,24+,27+,28+/m1/s1. The number of carboxylic acids is 1. The van der Waals surface area contributed by atoms with Crippen LogP contribution in [-0.4, -0.2) is 93.2 Å². The van der Waals surface area contributed by atoms with E-state index in [0.717, 1.165) is 0 Å². The number of aliphatic hydroxyl groups is 2. The van der Waals surface area contributed by atoms with Crippen LogP contribution in [0.15, 0.2) is 0 Å². The molecule has 0 aliphatic heterocycles. The second-order valence-electron chi connectivity index (χ2n) is 13.4. The molecule has 0 aromatic carbocycles. The fraction of sp³-hybridized carbons (Fsp3) is 0.806. The first-order valence-electron chi connectivity index (χ1n) is 15.7. The molecular weight excluding hydrogens is 586 g/mol. The van der Waals surface area contributed by atoms with Gasteiger partial charge in [0.05, 0.1) is 37.1 Å². The number of carbonyl (C=O) groups is 6. The van der Waals surface area contributed by atoms with Crippen LogP contribution in [-0.2, 0) is 28.8 Å². The molecule has 0 aromatic heterocycles. The van der Waals surface area contributed by atoms with Crippen molar-refractivity contribution in [3.05, 3.63) is 0 Å². The first-order valence-corrected chi connectivity index (χ1v) is 15.7. The van der Waals surface area contributed by atoms with Crippen molar-refractivity contribution in [1.29, 1.82) is 0 Å². The normalized spacial score (nSPS) is 16.3. The van der Waals surface area contributed by atoms with Gasteiger partial charge in [0.1, 0.15) is 18.1 Å². The second-order valence-corrected chi connectivity index (χ2v) is 13.4. The minimum Gasteiger partial charge on any atom is -0.481 e. The fourth-order valence-corrected chi connectivity index (χ4v) is 4.77. The molecule has 8 N–H and O–H groups in total. The van der Waals surface area contributed by atoms with Crippen molar-refractivity contribution >= 4 is 35.5 Å². The minimum absolute atomic E-state index is 0.0185. The molecule has 0 aliphatic rings. The van der Waals surface area contributed by atoms with Crippen molar-refractivity contribution in [3.63, 3.8) is 0 Å². The van der Waals surface area contributed by atoms with Gasteiger partial charge in [0.15, 0.2) is 0 Å². The maximum atomic E-state index is 13.3. The van der Waals surface area contributed by atoms with Crippen molar-refractivity contribution in [2.24, 2.45) is 23.7 Å². The van der Waals surface area contributed by atoms with Gasteiger partial charge < -0.3 is 41.9 Å². The van der Waals surface area contributed by atoms with Crippen molar-refractivity contribution in [3.8, 4) is 0 Å². The van der Waals surface area contributed by atoms with Crippen LogP contribution < -0.4 is 26.6 Å². The predicted octanol–water partition coefficient (Wildman–Crippen LogP) is 0.441. The number of carbonyl (C=O) groups excluding carboxylic acids is 5. The zero-order valence-electron chi connectivity index (χ0n) is 28.5. The second kappa shape index (κ2) is 20.0. The van der Waals surface area contributed by atoms with Crippen molar-refractivity contribution in [1.82, 2.24) is 26.6 Å². The van der Waals surface area contributed by atoms with Crippen molar-refractivity contribution in [2.75, 3.05) is 0 Å². The molecule has 0 bridgehead atoms. The van der Waals surface area contributed by atoms with Gasteiger partial charge in [-0.3, -0.25) is 28.8 Å². The van der Waals surface area contributed by atoms with E-state index < -0.39 is 84.9 Å². The summed E-state index contributed by atoms with van der Waals surface area (Å²) in [6, 6.07) is -4.59. The van der Waals surface area contributed by atoms with Gasteiger partial charge in [0.2, 0.25) is 29.5 Å². The van der Waals surface area contributed by atoms with E-state index >= 15 is 0 Å². The Bertz CT molecular complexity index is 1000. The van der Waals surface area contributed by atoms with Gasteiger partial charge in [-0.1, -0.05) is 55.4 Å². The molecule has 0 radical (unpaired) electrons. The average Bonchev–Trinajstić information content (AvgIpc) is 2.87. The van der Waals surface area contributed by atoms with E-state index in [2.05, 4.69) is 26.6 Å². The van der Waals surface area contributed by atoms with Crippen LogP contribution in [0.2, 0.25) is 0 Å². The molecule has 5 amide bonds. The number of carboxylic acid groups (broad SMARTS) is 1. The highest BCUT2D eigenvalue weighted by Crippen LogP contribution is 2.14. The van der Waals surface area contributed by atoms with Gasteiger partial charge in [0, 0.05) is 6.92 Å². The topological polar surface area (TPSA) is 223 Å². The molecule has 0 spiro atoms. The molecule has 0 unspecified atom stereocenters. The number of rotatable bonds is 20. The molecular formula is C31H57N5O9. The van der Waals surface area contributed by atoms with E-state index in [-0.39, 0.29) is 29.6 Å². The Hall–Kier alpha value is -3.26. The zero-order chi connectivity index (χ0) is 35.2. The summed E-state index contributed by atoms with van der Waals surface area (Å²) in [5, 5.41) is 43.5. The molecule has 0 heterocycles. The number of hydrogen-bond donors (Lipinski definition) is 8. The van der Waals surface area contributed by atoms with Crippen LogP contribution in [0.3, 0.4) is 0 Å². The molecule has 45 heavy (non-hydrogen) atoms. The number of aliphatic carboxylic acids is 1. The highest BCUT2D eigenvalue weighted by Gasteiger charge is 2.33. The Balaban J connectivity index is 5.54. The summed E-state index contributed by atoms with van der Waals surface area (Å²) in [6.45, 7) is 17.2. The minimum atomic E-state index is -1.33. The molecule has 7 atom stereocenters. The number of nitrogens with one attached hydrogen (secondary N) is 5. The summed E-state index contributed by atoms with van der Waals surface area (Å²) >= 11 is 0. The lowest BCUT2D eigenvalue weighted by atomic mass is 9.95. The van der Waals surface area contributed by atoms with Crippen LogP contribution in [0.1, 0.15) is 94.9 Å². The summed E-state index contributed by atoms with van der Waals surface area (Å²) in [4.78, 5) is 74.6. The third-order valence-corrected chi connectivity index (χ3v) is 7.14. The summed E-state index contributed by atoms with van der Waals surface area (Å²) in [5.41, 5.74) is 0. The summed E-state index contributed by atoms with van der Waals surface area (Å²) in [6.07, 6.45) is -3.01. The SMILES string of the molecule is CC(=O)N[C@H](C(=O)N[C@H](C(=O)N[C@H](CC(C)C)[C@H](O)CC(=O)N[C@H](C)C(=O)N[C@H](CC(C)C)[C@@H](O)CC(=O)O)C(C)C)C(C)C. The Labute approximate surface area is 267 Å². The molecule has 14 nitrogen and oxygen atoms in total. The van der Waals surface area contributed by atoms with Gasteiger partial charge in [-0.15, -0.1) is 0 Å². The largest absolute Gasteiger partial charge is 0.481 e. The van der Waals surface area contributed by atoms with Gasteiger partial charge in [-0.25, -0.2) is 0 Å². The predicted molar refractivity (Wildman–Crippen MR) is 168 cm³/mol. The van der Waals surface area contributed by atoms with Gasteiger partial charge >= 0.3 is 5.97 Å². The highest BCUT2D eigenvalue weighted by molar-refractivity contribution is 5.92. The summed E-state index contributed by atoms with van der Waals surface area (Å²) in [7, 11) is 0. The Morgan fingerprint density at radius 2 is 0.956 bits per heavy atom. The highest BCUT2D eigenvalue weighted by atomic mass is 16.4. The van der Waals surface area contributed by atoms with Gasteiger partial charge in [-0.05, 0) is 43.4 Å². The molecule has 0 saturated heterocycles. The lowest BCUT2D eigenvalue weighted by molar-refractivity contribution is -0.140. The first-order chi connectivity index (χ1) is 20.7. The van der Waals surface area contributed by atoms with Crippen molar-refractivity contribution in [2.45, 2.75) is 137 Å². The van der Waals surface area contributed by atoms with E-state index in [1.54, 1.807) is 27.7 Å². The van der Waals surface area contributed by atoms with Gasteiger partial charge in [-0.2, -0.15) is 0 Å². The van der Waals surface area contributed by atoms with Gasteiger partial charge in [0.25, 0.3) is 0 Å². The average molecular weight is 644 g/mol. The van der Waals surface area contributed by atoms with E-state index in [4.69, 9.17) is 5.11 Å². The summed E-state index contributed by atoms with van der Waals surface area (Å²) < 4.78 is 0. The maximum absolute atomic E-state index is 13.3. The monoisotopic (exact) mass is 643 g/mol. The molecule has 0 fully saturated rings. The Morgan fingerprint density at radius 3 is 1.36 bits per heavy atom. The van der Waals surface area contributed by atoms with Crippen LogP contribution in [0.5, 0.6) is 0 Å². The zero-order valence-corrected chi connectivity index (χ0v) is 28.5. The lowest BCUT2D eigenvalue weighted by Gasteiger charge is -2.31. The molecule has 14 heteroatoms. The molecule has 0 aliphatic carbocycles. The van der Waals surface area contributed by atoms with E-state index in [9.17, 15) is 39.0 Å². The molecule has 0 saturated carbocycles. The van der Waals surface area contributed by atoms with E-state index in [1.165, 1.54) is 13.8 Å². The van der Waals surface area contributed by atoms with Crippen LogP contribution >= 0.6 is 0 Å². The summed E-state index contributed by atoms with van der Waals surface area (Å²) in [5.74, 6) is -4.48. The fourth-order valence-electron chi connectivity index (χ4n) is 4.77. The first kappa shape index (κ1) is 41.7. The molecule has 260 valence electrons. The Morgan fingerprint density at radius 1 is 0.556 bits per heavy atom. The number of amides is 5. The van der Waals surface area contributed by atoms with Crippen molar-refractivity contribution < 1.29 is 44.1 Å². The van der Waals surface area contributed by atoms with E-state index in [0.29, 0.717) is 12.8 Å². The number of aliphatic hydroxyl groups excluding tert-OH is 2. The third-order valence-electron chi connectivity index (χ3n) is 7.14. The number of hydrogen-bond acceptors (Lipinski definition) is 8. The van der Waals surface area contributed by atoms with Crippen LogP contribution in [0.4, 0.5) is 0 Å². The maximum Gasteiger partial charge on any atom is 0.306 e. The van der Waals surface area contributed by atoms with Crippen LogP contribution in [0.25, 0.3) is 0 Å². The van der Waals surface area contributed by atoms with Crippen LogP contribution in [0, 0.1) is 23.7 Å². The molecule has 0 rings (SSSR count). The lowest BCUT2D eigenvalue weighted by Crippen LogP contribution is -2.59. The Kier molecular flexibility index (Phi) is 18.5. The quantitative estimate of drug-likeness (QED) is 0.0920. The van der Waals surface area contributed by atoms with E-state index in [1.807, 2.05) is 27.7 Å². The third kappa shape index (κ3) is 16.6. The smallest absolute Gasteiger partial charge is 0.306 e. The molecule has 0 aromatic rings.